The third-order valence-corrected chi connectivity index (χ3v) is 7.20. The number of aromatic nitrogens is 3. The quantitative estimate of drug-likeness (QED) is 0.796. The zero-order valence-corrected chi connectivity index (χ0v) is 16.3. The highest BCUT2D eigenvalue weighted by atomic mass is 32.2. The fourth-order valence-corrected chi connectivity index (χ4v) is 5.82. The number of ether oxygens (including phenoxy) is 1. The Morgan fingerprint density at radius 1 is 1.40 bits per heavy atom. The lowest BCUT2D eigenvalue weighted by atomic mass is 9.92. The number of thiophene rings is 1. The molecule has 1 atom stereocenters. The summed E-state index contributed by atoms with van der Waals surface area (Å²) in [7, 11) is 0. The monoisotopic (exact) mass is 378 g/mol. The number of thioether (sulfide) groups is 1. The lowest BCUT2D eigenvalue weighted by Gasteiger charge is -2.34. The Morgan fingerprint density at radius 3 is 3.12 bits per heavy atom. The van der Waals surface area contributed by atoms with Gasteiger partial charge in [-0.15, -0.1) is 21.5 Å². The molecule has 2 aromatic rings. The summed E-state index contributed by atoms with van der Waals surface area (Å²) in [5, 5.41) is 16.9. The Morgan fingerprint density at radius 2 is 2.28 bits per heavy atom. The number of hydrogen-bond acceptors (Lipinski definition) is 8. The summed E-state index contributed by atoms with van der Waals surface area (Å²) in [5.41, 5.74) is 6.09. The average molecular weight is 379 g/mol. The normalized spacial score (nSPS) is 23.2. The molecule has 0 radical (unpaired) electrons. The molecule has 0 saturated carbocycles. The smallest absolute Gasteiger partial charge is 0.249 e. The number of hydrogen-bond donors (Lipinski definition) is 2. The maximum Gasteiger partial charge on any atom is 0.249 e. The Labute approximate surface area is 155 Å². The molecule has 0 aromatic carbocycles. The van der Waals surface area contributed by atoms with Gasteiger partial charge in [0.15, 0.2) is 5.16 Å². The van der Waals surface area contributed by atoms with E-state index in [1.165, 1.54) is 21.0 Å². The Balaban J connectivity index is 1.69. The summed E-state index contributed by atoms with van der Waals surface area (Å²) in [5.74, 6) is 1.92. The predicted octanol–water partition coefficient (Wildman–Crippen LogP) is 2.57. The minimum Gasteiger partial charge on any atom is -0.370 e. The molecule has 1 saturated heterocycles. The highest BCUT2D eigenvalue weighted by molar-refractivity contribution is 7.99. The zero-order chi connectivity index (χ0) is 17.2. The highest BCUT2D eigenvalue weighted by Gasteiger charge is 2.43. The summed E-state index contributed by atoms with van der Waals surface area (Å²) in [6.07, 6.45) is 2.17. The van der Waals surface area contributed by atoms with Crippen LogP contribution in [-0.2, 0) is 17.8 Å². The van der Waals surface area contributed by atoms with Crippen LogP contribution in [0.15, 0.2) is 5.16 Å². The number of hydrazine groups is 1. The maximum absolute atomic E-state index is 6.06. The molecule has 7 nitrogen and oxygen atoms in total. The number of anilines is 1. The topological polar surface area (TPSA) is 67.2 Å². The molecular formula is C16H22N6OS2. The molecular weight excluding hydrogens is 356 g/mol. The molecule has 0 bridgehead atoms. The van der Waals surface area contributed by atoms with Gasteiger partial charge < -0.3 is 4.74 Å². The van der Waals surface area contributed by atoms with Crippen molar-refractivity contribution in [2.24, 2.45) is 0 Å². The molecule has 0 aliphatic carbocycles. The van der Waals surface area contributed by atoms with Crippen molar-refractivity contribution in [1.29, 1.82) is 0 Å². The Bertz CT molecular complexity index is 829. The van der Waals surface area contributed by atoms with Gasteiger partial charge in [0.2, 0.25) is 5.95 Å². The fourth-order valence-electron chi connectivity index (χ4n) is 3.72. The number of rotatable bonds is 3. The molecule has 5 rings (SSSR count). The molecule has 9 heteroatoms. The van der Waals surface area contributed by atoms with Gasteiger partial charge in [0.25, 0.3) is 0 Å². The molecule has 0 spiro atoms. The van der Waals surface area contributed by atoms with Crippen LogP contribution in [0.2, 0.25) is 0 Å². The Kier molecular flexibility index (Phi) is 3.65. The summed E-state index contributed by atoms with van der Waals surface area (Å²) in [6.45, 7) is 7.96. The van der Waals surface area contributed by atoms with Crippen molar-refractivity contribution < 1.29 is 4.74 Å². The third-order valence-electron chi connectivity index (χ3n) is 4.86. The fraction of sp³-hybridized carbons (Fsp3) is 0.625. The SMILES string of the molecule is CCCSc1nnc2n1-c1sc3c(c1C1NCNN21)CC(C)(C)OC3. The van der Waals surface area contributed by atoms with Crippen molar-refractivity contribution in [3.05, 3.63) is 16.0 Å². The van der Waals surface area contributed by atoms with Gasteiger partial charge in [0.05, 0.1) is 18.9 Å². The Hall–Kier alpha value is -1.13. The largest absolute Gasteiger partial charge is 0.370 e. The van der Waals surface area contributed by atoms with E-state index in [4.69, 9.17) is 4.74 Å². The van der Waals surface area contributed by atoms with Crippen molar-refractivity contribution in [1.82, 2.24) is 25.5 Å². The van der Waals surface area contributed by atoms with E-state index in [0.29, 0.717) is 6.61 Å². The molecule has 5 heterocycles. The van der Waals surface area contributed by atoms with Gasteiger partial charge >= 0.3 is 0 Å². The van der Waals surface area contributed by atoms with E-state index >= 15 is 0 Å². The second-order valence-corrected chi connectivity index (χ2v) is 9.37. The first-order chi connectivity index (χ1) is 12.1. The van der Waals surface area contributed by atoms with Crippen LogP contribution in [0.25, 0.3) is 5.00 Å². The lowest BCUT2D eigenvalue weighted by molar-refractivity contribution is -0.0385. The molecule has 0 amide bonds. The first-order valence-electron chi connectivity index (χ1n) is 8.72. The van der Waals surface area contributed by atoms with Gasteiger partial charge in [-0.1, -0.05) is 18.7 Å². The van der Waals surface area contributed by atoms with E-state index in [2.05, 4.69) is 51.3 Å². The highest BCUT2D eigenvalue weighted by Crippen LogP contribution is 2.48. The van der Waals surface area contributed by atoms with Crippen molar-refractivity contribution in [3.63, 3.8) is 0 Å². The minimum atomic E-state index is -0.119. The van der Waals surface area contributed by atoms with Crippen molar-refractivity contribution in [3.8, 4) is 5.00 Å². The first-order valence-corrected chi connectivity index (χ1v) is 10.5. The first kappa shape index (κ1) is 16.1. The van der Waals surface area contributed by atoms with E-state index < -0.39 is 0 Å². The van der Waals surface area contributed by atoms with Crippen molar-refractivity contribution >= 4 is 29.0 Å². The van der Waals surface area contributed by atoms with Crippen LogP contribution in [0, 0.1) is 0 Å². The molecule has 1 fully saturated rings. The average Bonchev–Trinajstić information content (AvgIpc) is 3.27. The van der Waals surface area contributed by atoms with Crippen LogP contribution in [0.1, 0.15) is 49.4 Å². The van der Waals surface area contributed by atoms with Gasteiger partial charge in [-0.3, -0.25) is 10.3 Å². The number of nitrogens with one attached hydrogen (secondary N) is 2. The van der Waals surface area contributed by atoms with Gasteiger partial charge in [0, 0.05) is 22.6 Å². The van der Waals surface area contributed by atoms with Crippen molar-refractivity contribution in [2.75, 3.05) is 17.4 Å². The number of fused-ring (bicyclic) bond motifs is 8. The molecule has 2 aromatic heterocycles. The van der Waals surface area contributed by atoms with Crippen LogP contribution < -0.4 is 15.8 Å². The molecule has 25 heavy (non-hydrogen) atoms. The van der Waals surface area contributed by atoms with Crippen LogP contribution >= 0.6 is 23.1 Å². The second-order valence-electron chi connectivity index (χ2n) is 7.23. The molecule has 1 unspecified atom stereocenters. The van der Waals surface area contributed by atoms with Crippen molar-refractivity contribution in [2.45, 2.75) is 57.1 Å². The molecule has 3 aliphatic rings. The second kappa shape index (κ2) is 5.68. The van der Waals surface area contributed by atoms with E-state index in [1.807, 2.05) is 11.3 Å². The van der Waals surface area contributed by atoms with Gasteiger partial charge in [-0.2, -0.15) is 0 Å². The summed E-state index contributed by atoms with van der Waals surface area (Å²) in [6, 6.07) is 0. The lowest BCUT2D eigenvalue weighted by Crippen LogP contribution is -2.40. The van der Waals surface area contributed by atoms with Crippen LogP contribution in [-0.4, -0.2) is 32.8 Å². The van der Waals surface area contributed by atoms with Crippen LogP contribution in [0.5, 0.6) is 0 Å². The summed E-state index contributed by atoms with van der Waals surface area (Å²) < 4.78 is 8.28. The number of nitrogens with zero attached hydrogens (tertiary/aromatic N) is 4. The van der Waals surface area contributed by atoms with E-state index in [-0.39, 0.29) is 11.8 Å². The maximum atomic E-state index is 6.06. The van der Waals surface area contributed by atoms with Gasteiger partial charge in [0.1, 0.15) is 11.2 Å². The third kappa shape index (κ3) is 2.37. The molecule has 3 aliphatic heterocycles. The van der Waals surface area contributed by atoms with E-state index in [0.717, 1.165) is 36.4 Å². The van der Waals surface area contributed by atoms with E-state index in [1.54, 1.807) is 11.8 Å². The van der Waals surface area contributed by atoms with E-state index in [9.17, 15) is 0 Å². The van der Waals surface area contributed by atoms with Gasteiger partial charge in [-0.05, 0) is 25.8 Å². The zero-order valence-electron chi connectivity index (χ0n) is 14.6. The standard InChI is InChI=1S/C16H22N6OS2/c1-4-5-24-15-20-19-14-21(15)13-11(12-17-8-18-22(12)14)9-6-16(2,3)23-7-10(9)25-13/h12,17-18H,4-8H2,1-3H3. The summed E-state index contributed by atoms with van der Waals surface area (Å²) >= 11 is 3.61. The predicted molar refractivity (Wildman–Crippen MR) is 99.2 cm³/mol. The van der Waals surface area contributed by atoms with Crippen LogP contribution in [0.3, 0.4) is 0 Å². The van der Waals surface area contributed by atoms with Crippen LogP contribution in [0.4, 0.5) is 5.95 Å². The minimum absolute atomic E-state index is 0.115. The summed E-state index contributed by atoms with van der Waals surface area (Å²) in [4.78, 5) is 1.34. The van der Waals surface area contributed by atoms with Gasteiger partial charge in [-0.25, -0.2) is 9.99 Å². The molecule has 2 N–H and O–H groups in total. The molecule has 134 valence electrons.